The summed E-state index contributed by atoms with van der Waals surface area (Å²) in [6, 6.07) is 12.3. The molecule has 1 aliphatic rings. The van der Waals surface area contributed by atoms with Gasteiger partial charge in [-0.1, -0.05) is 37.1 Å². The summed E-state index contributed by atoms with van der Waals surface area (Å²) in [7, 11) is 0. The van der Waals surface area contributed by atoms with E-state index in [-0.39, 0.29) is 5.97 Å². The fourth-order valence-corrected chi connectivity index (χ4v) is 4.06. The molecule has 0 saturated heterocycles. The predicted octanol–water partition coefficient (Wildman–Crippen LogP) is 5.51. The van der Waals surface area contributed by atoms with E-state index in [9.17, 15) is 4.79 Å². The number of rotatable bonds is 7. The molecule has 26 heavy (non-hydrogen) atoms. The zero-order valence-electron chi connectivity index (χ0n) is 15.2. The maximum Gasteiger partial charge on any atom is 0.338 e. The van der Waals surface area contributed by atoms with Crippen LogP contribution in [0.5, 0.6) is 0 Å². The van der Waals surface area contributed by atoms with Crippen molar-refractivity contribution in [2.75, 3.05) is 6.61 Å². The van der Waals surface area contributed by atoms with Crippen LogP contribution in [0.2, 0.25) is 0 Å². The molecule has 1 saturated carbocycles. The van der Waals surface area contributed by atoms with Crippen LogP contribution in [0.15, 0.2) is 59.8 Å². The highest BCUT2D eigenvalue weighted by Crippen LogP contribution is 2.31. The van der Waals surface area contributed by atoms with Gasteiger partial charge in [-0.3, -0.25) is 4.98 Å². The number of pyridine rings is 1. The van der Waals surface area contributed by atoms with Crippen LogP contribution in [0.3, 0.4) is 0 Å². The lowest BCUT2D eigenvalue weighted by atomic mass is 9.99. The van der Waals surface area contributed by atoms with Crippen molar-refractivity contribution in [3.8, 4) is 0 Å². The summed E-state index contributed by atoms with van der Waals surface area (Å²) in [4.78, 5) is 17.8. The van der Waals surface area contributed by atoms with Gasteiger partial charge in [0.05, 0.1) is 12.2 Å². The minimum atomic E-state index is -0.213. The van der Waals surface area contributed by atoms with E-state index in [2.05, 4.69) is 29.3 Å². The maximum atomic E-state index is 12.4. The number of carbonyl (C=O) groups is 1. The average molecular weight is 368 g/mol. The minimum absolute atomic E-state index is 0.213. The van der Waals surface area contributed by atoms with Gasteiger partial charge in [0, 0.05) is 23.0 Å². The SMILES string of the molecule is CCOC(=O)C(=CC1CCCC1)c1ccc(SCc2cccnc2)cc1. The van der Waals surface area contributed by atoms with Crippen LogP contribution in [0, 0.1) is 5.92 Å². The van der Waals surface area contributed by atoms with E-state index in [0.29, 0.717) is 18.1 Å². The lowest BCUT2D eigenvalue weighted by molar-refractivity contribution is -0.136. The van der Waals surface area contributed by atoms with E-state index < -0.39 is 0 Å². The molecule has 136 valence electrons. The largest absolute Gasteiger partial charge is 0.462 e. The summed E-state index contributed by atoms with van der Waals surface area (Å²) in [6.45, 7) is 2.25. The highest BCUT2D eigenvalue weighted by Gasteiger charge is 2.19. The maximum absolute atomic E-state index is 12.4. The molecule has 0 unspecified atom stereocenters. The molecule has 3 nitrogen and oxygen atoms in total. The quantitative estimate of drug-likeness (QED) is 0.367. The highest BCUT2D eigenvalue weighted by atomic mass is 32.2. The molecule has 1 fully saturated rings. The summed E-state index contributed by atoms with van der Waals surface area (Å²) in [6.07, 6.45) is 10.6. The van der Waals surface area contributed by atoms with Gasteiger partial charge in [0.1, 0.15) is 0 Å². The lowest BCUT2D eigenvalue weighted by Gasteiger charge is -2.11. The van der Waals surface area contributed by atoms with E-state index >= 15 is 0 Å². The Balaban J connectivity index is 1.71. The summed E-state index contributed by atoms with van der Waals surface area (Å²) in [5.74, 6) is 1.17. The molecule has 1 aromatic carbocycles. The Bertz CT molecular complexity index is 734. The van der Waals surface area contributed by atoms with Crippen molar-refractivity contribution in [3.63, 3.8) is 0 Å². The number of thioether (sulfide) groups is 1. The second kappa shape index (κ2) is 9.58. The first-order valence-corrected chi connectivity index (χ1v) is 10.3. The second-order valence-electron chi connectivity index (χ2n) is 6.52. The van der Waals surface area contributed by atoms with Crippen molar-refractivity contribution >= 4 is 23.3 Å². The highest BCUT2D eigenvalue weighted by molar-refractivity contribution is 7.98. The molecule has 0 N–H and O–H groups in total. The normalized spacial score (nSPS) is 15.2. The fourth-order valence-electron chi connectivity index (χ4n) is 3.23. The second-order valence-corrected chi connectivity index (χ2v) is 7.57. The number of allylic oxidation sites excluding steroid dienone is 1. The summed E-state index contributed by atoms with van der Waals surface area (Å²) >= 11 is 1.77. The molecule has 0 amide bonds. The first-order valence-electron chi connectivity index (χ1n) is 9.27. The molecule has 0 atom stereocenters. The Hall–Kier alpha value is -2.07. The number of hydrogen-bond donors (Lipinski definition) is 0. The zero-order valence-corrected chi connectivity index (χ0v) is 16.0. The third kappa shape index (κ3) is 5.21. The lowest BCUT2D eigenvalue weighted by Crippen LogP contribution is -2.08. The Kier molecular flexibility index (Phi) is 6.89. The van der Waals surface area contributed by atoms with Gasteiger partial charge in [0.25, 0.3) is 0 Å². The van der Waals surface area contributed by atoms with Crippen LogP contribution in [0.1, 0.15) is 43.7 Å². The molecule has 1 aromatic heterocycles. The number of esters is 1. The standard InChI is InChI=1S/C22H25NO2S/c1-2-25-22(24)21(14-17-6-3-4-7-17)19-9-11-20(12-10-19)26-16-18-8-5-13-23-15-18/h5,8-15,17H,2-4,6-7,16H2,1H3. The molecular weight excluding hydrogens is 342 g/mol. The van der Waals surface area contributed by atoms with Crippen molar-refractivity contribution in [1.82, 2.24) is 4.98 Å². The van der Waals surface area contributed by atoms with Crippen molar-refractivity contribution in [3.05, 3.63) is 66.0 Å². The van der Waals surface area contributed by atoms with Gasteiger partial charge in [-0.2, -0.15) is 0 Å². The number of hydrogen-bond acceptors (Lipinski definition) is 4. The molecular formula is C22H25NO2S. The first-order chi connectivity index (χ1) is 12.8. The van der Waals surface area contributed by atoms with Gasteiger partial charge >= 0.3 is 5.97 Å². The smallest absolute Gasteiger partial charge is 0.338 e. The van der Waals surface area contributed by atoms with Crippen LogP contribution in [-0.2, 0) is 15.3 Å². The van der Waals surface area contributed by atoms with Gasteiger partial charge in [0.15, 0.2) is 0 Å². The van der Waals surface area contributed by atoms with Gasteiger partial charge < -0.3 is 4.74 Å². The van der Waals surface area contributed by atoms with Gasteiger partial charge in [0.2, 0.25) is 0 Å². The summed E-state index contributed by atoms with van der Waals surface area (Å²) in [5, 5.41) is 0. The fraction of sp³-hybridized carbons (Fsp3) is 0.364. The van der Waals surface area contributed by atoms with Crippen molar-refractivity contribution < 1.29 is 9.53 Å². The predicted molar refractivity (Wildman–Crippen MR) is 107 cm³/mol. The van der Waals surface area contributed by atoms with E-state index in [1.165, 1.54) is 36.1 Å². The molecule has 2 aromatic rings. The van der Waals surface area contributed by atoms with Gasteiger partial charge in [-0.05, 0) is 55.0 Å². The van der Waals surface area contributed by atoms with Crippen LogP contribution >= 0.6 is 11.8 Å². The van der Waals surface area contributed by atoms with Crippen molar-refractivity contribution in [2.45, 2.75) is 43.3 Å². The first kappa shape index (κ1) is 18.7. The van der Waals surface area contributed by atoms with E-state index in [1.54, 1.807) is 18.0 Å². The molecule has 0 bridgehead atoms. The Morgan fingerprint density at radius 3 is 2.65 bits per heavy atom. The van der Waals surface area contributed by atoms with Crippen molar-refractivity contribution in [2.24, 2.45) is 5.92 Å². The van der Waals surface area contributed by atoms with E-state index in [0.717, 1.165) is 11.3 Å². The average Bonchev–Trinajstić information content (AvgIpc) is 3.19. The number of ether oxygens (including phenoxy) is 1. The Labute approximate surface area is 159 Å². The molecule has 0 radical (unpaired) electrons. The zero-order chi connectivity index (χ0) is 18.2. The monoisotopic (exact) mass is 367 g/mol. The molecule has 1 aliphatic carbocycles. The third-order valence-corrected chi connectivity index (χ3v) is 5.67. The molecule has 3 rings (SSSR count). The van der Waals surface area contributed by atoms with E-state index in [1.807, 2.05) is 31.3 Å². The molecule has 4 heteroatoms. The van der Waals surface area contributed by atoms with E-state index in [4.69, 9.17) is 4.74 Å². The summed E-state index contributed by atoms with van der Waals surface area (Å²) in [5.41, 5.74) is 2.86. The number of aromatic nitrogens is 1. The van der Waals surface area contributed by atoms with Gasteiger partial charge in [-0.15, -0.1) is 11.8 Å². The van der Waals surface area contributed by atoms with Crippen LogP contribution in [-0.4, -0.2) is 17.6 Å². The number of carbonyl (C=O) groups excluding carboxylic acids is 1. The topological polar surface area (TPSA) is 39.2 Å². The molecule has 0 aliphatic heterocycles. The molecule has 1 heterocycles. The third-order valence-electron chi connectivity index (χ3n) is 4.59. The minimum Gasteiger partial charge on any atom is -0.462 e. The van der Waals surface area contributed by atoms with Crippen LogP contribution in [0.4, 0.5) is 0 Å². The van der Waals surface area contributed by atoms with Crippen LogP contribution in [0.25, 0.3) is 5.57 Å². The van der Waals surface area contributed by atoms with Gasteiger partial charge in [-0.25, -0.2) is 4.79 Å². The number of nitrogens with zero attached hydrogens (tertiary/aromatic N) is 1. The Morgan fingerprint density at radius 2 is 2.00 bits per heavy atom. The van der Waals surface area contributed by atoms with Crippen molar-refractivity contribution in [1.29, 1.82) is 0 Å². The number of benzene rings is 1. The van der Waals surface area contributed by atoms with Crippen LogP contribution < -0.4 is 0 Å². The summed E-state index contributed by atoms with van der Waals surface area (Å²) < 4.78 is 5.28. The molecule has 0 spiro atoms. The Morgan fingerprint density at radius 1 is 1.23 bits per heavy atom.